The van der Waals surface area contributed by atoms with Gasteiger partial charge in [-0.15, -0.1) is 0 Å². The maximum absolute atomic E-state index is 12.4. The summed E-state index contributed by atoms with van der Waals surface area (Å²) in [6, 6.07) is 6.54. The van der Waals surface area contributed by atoms with Crippen LogP contribution >= 0.6 is 0 Å². The van der Waals surface area contributed by atoms with Crippen molar-refractivity contribution in [1.82, 2.24) is 10.2 Å². The minimum atomic E-state index is -3.28. The number of hydrogen-bond acceptors (Lipinski definition) is 6. The Morgan fingerprint density at radius 1 is 1.28 bits per heavy atom. The van der Waals surface area contributed by atoms with E-state index in [1.54, 1.807) is 36.3 Å². The molecule has 2 fully saturated rings. The Morgan fingerprint density at radius 2 is 2.03 bits per heavy atom. The minimum absolute atomic E-state index is 0.0107. The molecule has 1 aromatic carbocycles. The van der Waals surface area contributed by atoms with Crippen molar-refractivity contribution in [2.45, 2.75) is 18.9 Å². The summed E-state index contributed by atoms with van der Waals surface area (Å²) in [5.41, 5.74) is 1.01. The Morgan fingerprint density at radius 3 is 2.72 bits per heavy atom. The molecule has 1 aromatic rings. The van der Waals surface area contributed by atoms with Crippen LogP contribution in [0.1, 0.15) is 23.2 Å². The number of ether oxygens (including phenoxy) is 2. The van der Waals surface area contributed by atoms with Crippen molar-refractivity contribution in [3.63, 3.8) is 0 Å². The summed E-state index contributed by atoms with van der Waals surface area (Å²) in [5.74, 6) is -0.213. The minimum Gasteiger partial charge on any atom is -0.383 e. The van der Waals surface area contributed by atoms with Crippen LogP contribution in [-0.4, -0.2) is 83.5 Å². The van der Waals surface area contributed by atoms with E-state index in [-0.39, 0.29) is 36.8 Å². The fraction of sp³-hybridized carbons (Fsp3) is 0.579. The van der Waals surface area contributed by atoms with Crippen LogP contribution in [0.15, 0.2) is 24.3 Å². The lowest BCUT2D eigenvalue weighted by atomic mass is 10.2. The molecule has 0 radical (unpaired) electrons. The Balaban J connectivity index is 1.54. The van der Waals surface area contributed by atoms with Crippen LogP contribution in [0.25, 0.3) is 0 Å². The first kappa shape index (κ1) is 21.5. The smallest absolute Gasteiger partial charge is 0.251 e. The summed E-state index contributed by atoms with van der Waals surface area (Å²) in [4.78, 5) is 25.9. The molecule has 0 aromatic heterocycles. The van der Waals surface area contributed by atoms with Crippen molar-refractivity contribution >= 4 is 27.5 Å². The molecule has 9 nitrogen and oxygen atoms in total. The number of carbonyl (C=O) groups excluding carboxylic acids is 2. The number of rotatable bonds is 7. The lowest BCUT2D eigenvalue weighted by Crippen LogP contribution is -2.51. The van der Waals surface area contributed by atoms with Crippen LogP contribution < -0.4 is 9.62 Å². The first-order valence-electron chi connectivity index (χ1n) is 9.67. The molecule has 2 amide bonds. The highest BCUT2D eigenvalue weighted by atomic mass is 32.2. The van der Waals surface area contributed by atoms with Gasteiger partial charge in [-0.3, -0.25) is 13.9 Å². The number of benzene rings is 1. The van der Waals surface area contributed by atoms with E-state index in [4.69, 9.17) is 9.47 Å². The van der Waals surface area contributed by atoms with Crippen molar-refractivity contribution in [2.75, 3.05) is 56.6 Å². The van der Waals surface area contributed by atoms with Gasteiger partial charge in [0, 0.05) is 38.9 Å². The Labute approximate surface area is 171 Å². The summed E-state index contributed by atoms with van der Waals surface area (Å²) < 4.78 is 36.3. The molecule has 2 saturated heterocycles. The number of nitrogens with zero attached hydrogens (tertiary/aromatic N) is 2. The number of sulfonamides is 1. The number of carbonyl (C=O) groups is 2. The maximum Gasteiger partial charge on any atom is 0.251 e. The molecule has 0 saturated carbocycles. The molecule has 29 heavy (non-hydrogen) atoms. The Kier molecular flexibility index (Phi) is 7.09. The van der Waals surface area contributed by atoms with Crippen LogP contribution in [0.3, 0.4) is 0 Å². The van der Waals surface area contributed by atoms with Crippen LogP contribution in [-0.2, 0) is 24.3 Å². The molecule has 2 heterocycles. The summed E-state index contributed by atoms with van der Waals surface area (Å²) in [5, 5.41) is 2.81. The Hall–Kier alpha value is -2.17. The molecule has 2 aliphatic heterocycles. The average molecular weight is 426 g/mol. The van der Waals surface area contributed by atoms with Crippen LogP contribution in [0.2, 0.25) is 0 Å². The predicted octanol–water partition coefficient (Wildman–Crippen LogP) is 0.220. The van der Waals surface area contributed by atoms with Gasteiger partial charge in [-0.2, -0.15) is 0 Å². The molecule has 10 heteroatoms. The zero-order chi connectivity index (χ0) is 20.9. The van der Waals surface area contributed by atoms with Crippen LogP contribution in [0.5, 0.6) is 0 Å². The number of hydrogen-bond donors (Lipinski definition) is 1. The normalized spacial score (nSPS) is 21.8. The number of nitrogens with one attached hydrogen (secondary N) is 1. The summed E-state index contributed by atoms with van der Waals surface area (Å²) in [6.07, 6.45) is 1.22. The molecule has 0 spiro atoms. The predicted molar refractivity (Wildman–Crippen MR) is 107 cm³/mol. The van der Waals surface area contributed by atoms with E-state index in [1.165, 1.54) is 4.31 Å². The van der Waals surface area contributed by atoms with E-state index in [0.717, 1.165) is 6.42 Å². The number of methoxy groups -OCH3 is 1. The van der Waals surface area contributed by atoms with Gasteiger partial charge in [0.05, 0.1) is 24.2 Å². The van der Waals surface area contributed by atoms with Gasteiger partial charge in [-0.05, 0) is 37.1 Å². The van der Waals surface area contributed by atoms with E-state index in [0.29, 0.717) is 43.9 Å². The quantitative estimate of drug-likeness (QED) is 0.670. The zero-order valence-corrected chi connectivity index (χ0v) is 17.3. The van der Waals surface area contributed by atoms with Crippen LogP contribution in [0, 0.1) is 0 Å². The molecule has 2 aliphatic rings. The molecule has 0 aliphatic carbocycles. The number of anilines is 1. The van der Waals surface area contributed by atoms with E-state index in [9.17, 15) is 18.0 Å². The first-order chi connectivity index (χ1) is 13.9. The lowest BCUT2D eigenvalue weighted by molar-refractivity contribution is -0.149. The third-order valence-electron chi connectivity index (χ3n) is 5.04. The number of amides is 2. The van der Waals surface area contributed by atoms with Crippen molar-refractivity contribution in [1.29, 1.82) is 0 Å². The monoisotopic (exact) mass is 425 g/mol. The van der Waals surface area contributed by atoms with Gasteiger partial charge in [0.15, 0.2) is 0 Å². The average Bonchev–Trinajstić information content (AvgIpc) is 2.72. The summed E-state index contributed by atoms with van der Waals surface area (Å²) in [7, 11) is -1.70. The van der Waals surface area contributed by atoms with Crippen molar-refractivity contribution in [2.24, 2.45) is 0 Å². The SMILES string of the molecule is COCCN1CC(CNC(=O)c2ccc(N3CCCCS3(=O)=O)cc2)OCC1=O. The maximum atomic E-state index is 12.4. The van der Waals surface area contributed by atoms with Gasteiger partial charge in [-0.25, -0.2) is 8.42 Å². The fourth-order valence-corrected chi connectivity index (χ4v) is 5.03. The highest BCUT2D eigenvalue weighted by molar-refractivity contribution is 7.92. The van der Waals surface area contributed by atoms with E-state index >= 15 is 0 Å². The van der Waals surface area contributed by atoms with Crippen molar-refractivity contribution in [3.05, 3.63) is 29.8 Å². The van der Waals surface area contributed by atoms with Gasteiger partial charge in [-0.1, -0.05) is 0 Å². The second-order valence-electron chi connectivity index (χ2n) is 7.12. The third kappa shape index (κ3) is 5.46. The van der Waals surface area contributed by atoms with E-state index in [1.807, 2.05) is 0 Å². The molecule has 3 rings (SSSR count). The highest BCUT2D eigenvalue weighted by Crippen LogP contribution is 2.23. The fourth-order valence-electron chi connectivity index (χ4n) is 3.39. The molecule has 1 N–H and O–H groups in total. The van der Waals surface area contributed by atoms with Gasteiger partial charge in [0.2, 0.25) is 15.9 Å². The molecule has 1 unspecified atom stereocenters. The zero-order valence-electron chi connectivity index (χ0n) is 16.5. The summed E-state index contributed by atoms with van der Waals surface area (Å²) >= 11 is 0. The number of morpholine rings is 1. The van der Waals surface area contributed by atoms with Gasteiger partial charge in [0.1, 0.15) is 6.61 Å². The summed E-state index contributed by atoms with van der Waals surface area (Å²) in [6.45, 7) is 2.06. The van der Waals surface area contributed by atoms with Gasteiger partial charge in [0.25, 0.3) is 5.91 Å². The lowest BCUT2D eigenvalue weighted by Gasteiger charge is -2.32. The second kappa shape index (κ2) is 9.55. The molecule has 160 valence electrons. The largest absolute Gasteiger partial charge is 0.383 e. The standard InChI is InChI=1S/C19H27N3O6S/c1-27-10-9-21-13-17(28-14-18(21)23)12-20-19(24)15-4-6-16(7-5-15)22-8-2-3-11-29(22,25)26/h4-7,17H,2-3,8-14H2,1H3,(H,20,24). The van der Waals surface area contributed by atoms with Gasteiger partial charge < -0.3 is 19.7 Å². The Bertz CT molecular complexity index is 827. The second-order valence-corrected chi connectivity index (χ2v) is 9.13. The van der Waals surface area contributed by atoms with E-state index in [2.05, 4.69) is 5.32 Å². The van der Waals surface area contributed by atoms with Gasteiger partial charge >= 0.3 is 0 Å². The molecule has 0 bridgehead atoms. The highest BCUT2D eigenvalue weighted by Gasteiger charge is 2.27. The molecular weight excluding hydrogens is 398 g/mol. The van der Waals surface area contributed by atoms with Crippen molar-refractivity contribution < 1.29 is 27.5 Å². The van der Waals surface area contributed by atoms with E-state index < -0.39 is 10.0 Å². The molecule has 1 atom stereocenters. The third-order valence-corrected chi connectivity index (χ3v) is 6.91. The first-order valence-corrected chi connectivity index (χ1v) is 11.3. The molecular formula is C19H27N3O6S. The topological polar surface area (TPSA) is 105 Å². The van der Waals surface area contributed by atoms with Crippen molar-refractivity contribution in [3.8, 4) is 0 Å². The van der Waals surface area contributed by atoms with Crippen LogP contribution in [0.4, 0.5) is 5.69 Å².